The number of hydrogen-bond acceptors (Lipinski definition) is 8. The number of nitrogens with zero attached hydrogens (tertiary/aromatic N) is 4. The predicted molar refractivity (Wildman–Crippen MR) is 102 cm³/mol. The summed E-state index contributed by atoms with van der Waals surface area (Å²) in [6.45, 7) is 1.42. The number of carbonyl (C=O) groups is 2. The fourth-order valence-electron chi connectivity index (χ4n) is 3.03. The molecule has 0 radical (unpaired) electrons. The Morgan fingerprint density at radius 1 is 1.24 bits per heavy atom. The Morgan fingerprint density at radius 3 is 3.00 bits per heavy atom. The zero-order valence-corrected chi connectivity index (χ0v) is 15.8. The lowest BCUT2D eigenvalue weighted by Gasteiger charge is -2.18. The highest BCUT2D eigenvalue weighted by atomic mass is 32.1. The predicted octanol–water partition coefficient (Wildman–Crippen LogP) is 1.98. The summed E-state index contributed by atoms with van der Waals surface area (Å²) in [4.78, 5) is 36.4. The summed E-state index contributed by atoms with van der Waals surface area (Å²) in [5.74, 6) is 0.796. The average Bonchev–Trinajstić information content (AvgIpc) is 3.44. The molecule has 1 aromatic heterocycles. The van der Waals surface area contributed by atoms with Crippen LogP contribution in [-0.4, -0.2) is 52.6 Å². The molecule has 4 heterocycles. The second-order valence-electron chi connectivity index (χ2n) is 6.39. The number of thiazole rings is 1. The highest BCUT2D eigenvalue weighted by Gasteiger charge is 2.32. The van der Waals surface area contributed by atoms with Gasteiger partial charge in [-0.2, -0.15) is 0 Å². The van der Waals surface area contributed by atoms with Gasteiger partial charge in [0, 0.05) is 30.2 Å². The summed E-state index contributed by atoms with van der Waals surface area (Å²) in [6, 6.07) is 4.75. The normalized spacial score (nSPS) is 17.3. The van der Waals surface area contributed by atoms with Gasteiger partial charge < -0.3 is 24.4 Å². The summed E-state index contributed by atoms with van der Waals surface area (Å²) >= 11 is 1.47. The van der Waals surface area contributed by atoms with E-state index in [1.165, 1.54) is 11.3 Å². The van der Waals surface area contributed by atoms with Gasteiger partial charge in [0.05, 0.1) is 23.9 Å². The lowest BCUT2D eigenvalue weighted by molar-refractivity contribution is -0.114. The van der Waals surface area contributed by atoms with E-state index in [9.17, 15) is 9.59 Å². The van der Waals surface area contributed by atoms with Crippen LogP contribution in [0.2, 0.25) is 0 Å². The summed E-state index contributed by atoms with van der Waals surface area (Å²) in [5, 5.41) is 4.63. The van der Waals surface area contributed by atoms with E-state index in [4.69, 9.17) is 14.2 Å². The fourth-order valence-corrected chi connectivity index (χ4v) is 3.58. The quantitative estimate of drug-likeness (QED) is 0.817. The molecule has 1 N–H and O–H groups in total. The van der Waals surface area contributed by atoms with Crippen LogP contribution in [0.5, 0.6) is 11.5 Å². The number of ether oxygens (including phenoxy) is 3. The van der Waals surface area contributed by atoms with Gasteiger partial charge in [0.15, 0.2) is 11.5 Å². The van der Waals surface area contributed by atoms with Crippen molar-refractivity contribution in [1.29, 1.82) is 0 Å². The molecular weight excluding hydrogens is 398 g/mol. The van der Waals surface area contributed by atoms with Gasteiger partial charge in [-0.25, -0.2) is 9.78 Å². The first-order chi connectivity index (χ1) is 14.2. The Hall–Kier alpha value is -3.60. The van der Waals surface area contributed by atoms with Gasteiger partial charge in [0.2, 0.25) is 12.6 Å². The molecule has 0 aliphatic carbocycles. The number of hydrogen-bond donors (Lipinski definition) is 1. The second-order valence-corrected chi connectivity index (χ2v) is 7.11. The lowest BCUT2D eigenvalue weighted by Crippen LogP contribution is -2.32. The number of carbonyl (C=O) groups excluding carboxylic acids is 2. The van der Waals surface area contributed by atoms with Crippen LogP contribution in [0.1, 0.15) is 5.69 Å². The van der Waals surface area contributed by atoms with E-state index in [2.05, 4.69) is 15.3 Å². The van der Waals surface area contributed by atoms with Crippen molar-refractivity contribution in [1.82, 2.24) is 14.8 Å². The number of urea groups is 1. The average molecular weight is 413 g/mol. The first kappa shape index (κ1) is 17.5. The van der Waals surface area contributed by atoms with Crippen LogP contribution in [0.25, 0.3) is 0 Å². The number of amidine groups is 1. The number of nitrogens with one attached hydrogen (secondary N) is 1. The summed E-state index contributed by atoms with van der Waals surface area (Å²) in [7, 11) is 0. The Kier molecular flexibility index (Phi) is 4.28. The molecule has 11 heteroatoms. The fraction of sp³-hybridized carbons (Fsp3) is 0.222. The minimum atomic E-state index is -0.452. The number of fused-ring (bicyclic) bond motifs is 2. The molecule has 29 heavy (non-hydrogen) atoms. The largest absolute Gasteiger partial charge is 0.454 e. The van der Waals surface area contributed by atoms with E-state index in [0.29, 0.717) is 36.8 Å². The Morgan fingerprint density at radius 2 is 2.14 bits per heavy atom. The molecule has 3 amide bonds. The van der Waals surface area contributed by atoms with Crippen molar-refractivity contribution in [3.8, 4) is 11.5 Å². The van der Waals surface area contributed by atoms with Gasteiger partial charge in [0.25, 0.3) is 5.91 Å². The van der Waals surface area contributed by atoms with Crippen molar-refractivity contribution < 1.29 is 23.8 Å². The highest BCUT2D eigenvalue weighted by molar-refractivity contribution is 7.07. The van der Waals surface area contributed by atoms with Crippen molar-refractivity contribution in [2.75, 3.05) is 25.2 Å². The van der Waals surface area contributed by atoms with E-state index in [0.717, 1.165) is 5.69 Å². The molecule has 148 valence electrons. The van der Waals surface area contributed by atoms with E-state index in [1.54, 1.807) is 39.7 Å². The smallest absolute Gasteiger partial charge is 0.348 e. The highest BCUT2D eigenvalue weighted by Crippen LogP contribution is 2.34. The zero-order valence-electron chi connectivity index (χ0n) is 15.0. The molecule has 0 saturated heterocycles. The molecule has 0 fully saturated rings. The van der Waals surface area contributed by atoms with Crippen LogP contribution in [0, 0.1) is 0 Å². The third kappa shape index (κ3) is 3.47. The molecule has 3 aliphatic heterocycles. The van der Waals surface area contributed by atoms with Crippen LogP contribution in [-0.2, 0) is 16.1 Å². The van der Waals surface area contributed by atoms with Crippen LogP contribution in [0.3, 0.4) is 0 Å². The van der Waals surface area contributed by atoms with Crippen LogP contribution >= 0.6 is 11.3 Å². The maximum atomic E-state index is 12.5. The first-order valence-electron chi connectivity index (χ1n) is 8.78. The Labute approximate surface area is 169 Å². The second kappa shape index (κ2) is 7.09. The van der Waals surface area contributed by atoms with Gasteiger partial charge in [0.1, 0.15) is 0 Å². The van der Waals surface area contributed by atoms with Crippen molar-refractivity contribution in [2.24, 2.45) is 4.99 Å². The molecule has 3 aliphatic rings. The third-order valence-corrected chi connectivity index (χ3v) is 5.12. The zero-order chi connectivity index (χ0) is 19.8. The lowest BCUT2D eigenvalue weighted by atomic mass is 10.2. The minimum Gasteiger partial charge on any atom is -0.454 e. The number of benzene rings is 1. The Balaban J connectivity index is 1.25. The van der Waals surface area contributed by atoms with E-state index >= 15 is 0 Å². The molecular formula is C18H15N5O5S. The molecule has 1 aromatic carbocycles. The Bertz CT molecular complexity index is 1040. The topological polar surface area (TPSA) is 106 Å². The van der Waals surface area contributed by atoms with Crippen molar-refractivity contribution in [3.63, 3.8) is 0 Å². The standard InChI is InChI=1S/C18H15N5O5S/c24-16(20-11-1-2-13-14(5-11)27-10-26-13)15-7-23-4-3-22(6-12-8-29-9-19-12)17(25)21-18(23)28-15/h1-2,5,7-9H,3-4,6,10H2,(H,20,24). The van der Waals surface area contributed by atoms with E-state index in [-0.39, 0.29) is 18.6 Å². The molecule has 2 aromatic rings. The molecule has 0 spiro atoms. The molecule has 0 atom stereocenters. The minimum absolute atomic E-state index is 0.0576. The van der Waals surface area contributed by atoms with E-state index < -0.39 is 11.9 Å². The molecule has 10 nitrogen and oxygen atoms in total. The van der Waals surface area contributed by atoms with Gasteiger partial charge in [-0.1, -0.05) is 0 Å². The molecule has 0 unspecified atom stereocenters. The number of aromatic nitrogens is 1. The molecule has 5 rings (SSSR count). The molecule has 0 saturated carbocycles. The van der Waals surface area contributed by atoms with Crippen molar-refractivity contribution in [2.45, 2.75) is 6.54 Å². The van der Waals surface area contributed by atoms with Gasteiger partial charge in [-0.15, -0.1) is 16.3 Å². The van der Waals surface area contributed by atoms with Crippen molar-refractivity contribution in [3.05, 3.63) is 46.7 Å². The summed E-state index contributed by atoms with van der Waals surface area (Å²) < 4.78 is 16.1. The maximum absolute atomic E-state index is 12.5. The van der Waals surface area contributed by atoms with Crippen LogP contribution < -0.4 is 14.8 Å². The molecule has 0 bridgehead atoms. The number of aliphatic imine (C=N–C) groups is 1. The third-order valence-electron chi connectivity index (χ3n) is 4.48. The van der Waals surface area contributed by atoms with Gasteiger partial charge in [-0.05, 0) is 12.1 Å². The summed E-state index contributed by atoms with van der Waals surface area (Å²) in [5.41, 5.74) is 3.07. The van der Waals surface area contributed by atoms with Crippen molar-refractivity contribution >= 4 is 35.0 Å². The van der Waals surface area contributed by atoms with Gasteiger partial charge >= 0.3 is 12.1 Å². The maximum Gasteiger partial charge on any atom is 0.348 e. The monoisotopic (exact) mass is 413 g/mol. The number of anilines is 1. The number of amides is 3. The SMILES string of the molecule is O=C(Nc1ccc2c(c1)OCO2)C1=CN2CCN(Cc3cscn3)C(=O)N=C2O1. The van der Waals surface area contributed by atoms with Crippen LogP contribution in [0.15, 0.2) is 46.0 Å². The number of rotatable bonds is 4. The van der Waals surface area contributed by atoms with E-state index in [1.807, 2.05) is 5.38 Å². The summed E-state index contributed by atoms with van der Waals surface area (Å²) in [6.07, 6.45) is 1.54. The van der Waals surface area contributed by atoms with Crippen LogP contribution in [0.4, 0.5) is 10.5 Å². The van der Waals surface area contributed by atoms with Gasteiger partial charge in [-0.3, -0.25) is 9.69 Å². The first-order valence-corrected chi connectivity index (χ1v) is 9.72.